The minimum atomic E-state index is 0.397. The van der Waals surface area contributed by atoms with Gasteiger partial charge < -0.3 is 14.2 Å². The van der Waals surface area contributed by atoms with Crippen LogP contribution >= 0.6 is 0 Å². The lowest BCUT2D eigenvalue weighted by molar-refractivity contribution is 0.315. The molecule has 1 saturated carbocycles. The van der Waals surface area contributed by atoms with Gasteiger partial charge in [0.05, 0.1) is 16.9 Å². The smallest absolute Gasteiger partial charge is 0.198 e. The van der Waals surface area contributed by atoms with Crippen molar-refractivity contribution in [3.63, 3.8) is 0 Å². The van der Waals surface area contributed by atoms with Crippen molar-refractivity contribution in [1.29, 1.82) is 5.26 Å². The number of fused-ring (bicyclic) bond motifs is 1. The van der Waals surface area contributed by atoms with Gasteiger partial charge in [0, 0.05) is 36.8 Å². The number of rotatable bonds is 4. The van der Waals surface area contributed by atoms with Crippen LogP contribution < -0.4 is 4.90 Å². The van der Waals surface area contributed by atoms with Crippen LogP contribution in [0.25, 0.3) is 22.4 Å². The Morgan fingerprint density at radius 3 is 2.69 bits per heavy atom. The number of likely N-dealkylation sites (N-methyl/N-ethyl adjacent to an activating group) is 1. The quantitative estimate of drug-likeness (QED) is 0.672. The van der Waals surface area contributed by atoms with Crippen molar-refractivity contribution in [2.24, 2.45) is 0 Å². The van der Waals surface area contributed by atoms with E-state index in [0.29, 0.717) is 23.0 Å². The van der Waals surface area contributed by atoms with Crippen molar-refractivity contribution in [2.75, 3.05) is 32.1 Å². The van der Waals surface area contributed by atoms with E-state index in [-0.39, 0.29) is 0 Å². The number of pyridine rings is 1. The third-order valence-electron chi connectivity index (χ3n) is 6.25. The van der Waals surface area contributed by atoms with Crippen molar-refractivity contribution < 1.29 is 4.42 Å². The number of hydrogen-bond donors (Lipinski definition) is 0. The molecule has 1 atom stereocenters. The zero-order valence-electron chi connectivity index (χ0n) is 17.1. The zero-order valence-corrected chi connectivity index (χ0v) is 17.1. The first-order valence-corrected chi connectivity index (χ1v) is 10.3. The van der Waals surface area contributed by atoms with E-state index >= 15 is 0 Å². The fourth-order valence-corrected chi connectivity index (χ4v) is 4.39. The maximum absolute atomic E-state index is 9.95. The first-order valence-electron chi connectivity index (χ1n) is 10.3. The van der Waals surface area contributed by atoms with Crippen LogP contribution in [0.3, 0.4) is 0 Å². The number of nitriles is 1. The molecule has 6 heteroatoms. The highest BCUT2D eigenvalue weighted by molar-refractivity contribution is 6.01. The second-order valence-electron chi connectivity index (χ2n) is 8.41. The lowest BCUT2D eigenvalue weighted by Gasteiger charge is -2.25. The molecule has 1 aromatic carbocycles. The Morgan fingerprint density at radius 2 is 2.07 bits per heavy atom. The summed E-state index contributed by atoms with van der Waals surface area (Å²) in [6.45, 7) is 3.88. The van der Waals surface area contributed by atoms with E-state index in [1.54, 1.807) is 6.20 Å². The van der Waals surface area contributed by atoms with Gasteiger partial charge in [-0.15, -0.1) is 0 Å². The van der Waals surface area contributed by atoms with E-state index in [2.05, 4.69) is 34.9 Å². The molecule has 0 bridgehead atoms. The van der Waals surface area contributed by atoms with E-state index in [4.69, 9.17) is 9.40 Å². The van der Waals surface area contributed by atoms with Crippen LogP contribution in [0, 0.1) is 18.3 Å². The number of hydrogen-bond acceptors (Lipinski definition) is 6. The molecule has 3 aromatic rings. The van der Waals surface area contributed by atoms with Crippen LogP contribution in [0.4, 0.5) is 5.69 Å². The molecule has 6 nitrogen and oxygen atoms in total. The average molecular weight is 387 g/mol. The van der Waals surface area contributed by atoms with E-state index < -0.39 is 0 Å². The van der Waals surface area contributed by atoms with Gasteiger partial charge in [-0.1, -0.05) is 6.07 Å². The summed E-state index contributed by atoms with van der Waals surface area (Å²) in [5, 5.41) is 9.95. The second-order valence-corrected chi connectivity index (χ2v) is 8.41. The number of nitrogens with zero attached hydrogens (tertiary/aromatic N) is 5. The molecule has 29 heavy (non-hydrogen) atoms. The molecular weight excluding hydrogens is 362 g/mol. The molecular formula is C23H25N5O. The Labute approximate surface area is 170 Å². The Balaban J connectivity index is 1.79. The van der Waals surface area contributed by atoms with Crippen LogP contribution in [0.1, 0.15) is 42.2 Å². The van der Waals surface area contributed by atoms with Gasteiger partial charge in [0.1, 0.15) is 11.6 Å². The van der Waals surface area contributed by atoms with Crippen LogP contribution in [0.15, 0.2) is 28.8 Å². The van der Waals surface area contributed by atoms with Crippen molar-refractivity contribution in [3.05, 3.63) is 41.4 Å². The molecule has 0 amide bonds. The van der Waals surface area contributed by atoms with E-state index in [1.807, 2.05) is 25.1 Å². The fourth-order valence-electron chi connectivity index (χ4n) is 4.39. The molecule has 0 unspecified atom stereocenters. The fraction of sp³-hybridized carbons (Fsp3) is 0.435. The summed E-state index contributed by atoms with van der Waals surface area (Å²) in [7, 11) is 4.26. The Morgan fingerprint density at radius 1 is 1.24 bits per heavy atom. The Kier molecular flexibility index (Phi) is 4.29. The summed E-state index contributed by atoms with van der Waals surface area (Å²) in [5.74, 6) is 1.17. The highest BCUT2D eigenvalue weighted by Gasteiger charge is 2.34. The Bertz CT molecular complexity index is 1110. The van der Waals surface area contributed by atoms with Crippen LogP contribution in [-0.4, -0.2) is 48.1 Å². The van der Waals surface area contributed by atoms with Crippen LogP contribution in [-0.2, 0) is 0 Å². The minimum absolute atomic E-state index is 0.397. The molecule has 148 valence electrons. The first kappa shape index (κ1) is 18.1. The number of anilines is 1. The lowest BCUT2D eigenvalue weighted by atomic mass is 9.95. The van der Waals surface area contributed by atoms with Gasteiger partial charge in [-0.05, 0) is 58.0 Å². The summed E-state index contributed by atoms with van der Waals surface area (Å²) in [5.41, 5.74) is 5.88. The van der Waals surface area contributed by atoms with Crippen molar-refractivity contribution in [1.82, 2.24) is 14.9 Å². The molecule has 3 heterocycles. The maximum Gasteiger partial charge on any atom is 0.198 e. The van der Waals surface area contributed by atoms with Gasteiger partial charge in [-0.3, -0.25) is 4.98 Å². The van der Waals surface area contributed by atoms with Gasteiger partial charge in [0.25, 0.3) is 0 Å². The predicted octanol–water partition coefficient (Wildman–Crippen LogP) is 4.09. The SMILES string of the molecule is Cc1c(-c2ccccn2)c(N2CC[C@H](N(C)C)C2)c2oc(C3CC3)nc2c1C#N. The standard InChI is InChI=1S/C23H25N5O/c1-14-17(12-24)20-22(29-23(26-20)15-7-8-15)21(19(14)18-6-4-5-10-25-18)28-11-9-16(13-28)27(2)3/h4-6,10,15-16H,7-9,11,13H2,1-3H3/t16-/m0/s1. The third-order valence-corrected chi connectivity index (χ3v) is 6.25. The highest BCUT2D eigenvalue weighted by atomic mass is 16.4. The maximum atomic E-state index is 9.95. The summed E-state index contributed by atoms with van der Waals surface area (Å²) >= 11 is 0. The van der Waals surface area contributed by atoms with Crippen LogP contribution in [0.5, 0.6) is 0 Å². The molecule has 2 fully saturated rings. The summed E-state index contributed by atoms with van der Waals surface area (Å²) in [6, 6.07) is 8.80. The molecule has 0 N–H and O–H groups in total. The highest BCUT2D eigenvalue weighted by Crippen LogP contribution is 2.47. The van der Waals surface area contributed by atoms with Crippen molar-refractivity contribution in [3.8, 4) is 17.3 Å². The average Bonchev–Trinajstić information content (AvgIpc) is 3.29. The van der Waals surface area contributed by atoms with E-state index in [9.17, 15) is 5.26 Å². The zero-order chi connectivity index (χ0) is 20.1. The van der Waals surface area contributed by atoms with Crippen molar-refractivity contribution in [2.45, 2.75) is 38.1 Å². The number of aromatic nitrogens is 2. The monoisotopic (exact) mass is 387 g/mol. The second kappa shape index (κ2) is 6.85. The van der Waals surface area contributed by atoms with Gasteiger partial charge in [0.2, 0.25) is 0 Å². The van der Waals surface area contributed by atoms with Gasteiger partial charge in [-0.2, -0.15) is 5.26 Å². The minimum Gasteiger partial charge on any atom is -0.438 e. The van der Waals surface area contributed by atoms with Crippen molar-refractivity contribution >= 4 is 16.8 Å². The normalized spacial score (nSPS) is 19.3. The molecule has 0 spiro atoms. The lowest BCUT2D eigenvalue weighted by Crippen LogP contribution is -2.31. The molecule has 2 aromatic heterocycles. The Hall–Kier alpha value is -2.91. The van der Waals surface area contributed by atoms with Gasteiger partial charge in [-0.25, -0.2) is 4.98 Å². The molecule has 5 rings (SSSR count). The summed E-state index contributed by atoms with van der Waals surface area (Å²) < 4.78 is 6.35. The number of benzene rings is 1. The number of oxazole rings is 1. The molecule has 2 aliphatic rings. The molecule has 0 radical (unpaired) electrons. The summed E-state index contributed by atoms with van der Waals surface area (Å²) in [4.78, 5) is 14.1. The molecule has 1 saturated heterocycles. The van der Waals surface area contributed by atoms with Gasteiger partial charge in [0.15, 0.2) is 11.5 Å². The van der Waals surface area contributed by atoms with E-state index in [1.165, 1.54) is 0 Å². The topological polar surface area (TPSA) is 69.2 Å². The molecule has 1 aliphatic heterocycles. The molecule has 1 aliphatic carbocycles. The van der Waals surface area contributed by atoms with Gasteiger partial charge >= 0.3 is 0 Å². The summed E-state index contributed by atoms with van der Waals surface area (Å²) in [6.07, 6.45) is 5.13. The predicted molar refractivity (Wildman–Crippen MR) is 113 cm³/mol. The van der Waals surface area contributed by atoms with Crippen LogP contribution in [0.2, 0.25) is 0 Å². The largest absolute Gasteiger partial charge is 0.438 e. The van der Waals surface area contributed by atoms with E-state index in [0.717, 1.165) is 66.3 Å². The first-order chi connectivity index (χ1) is 14.1. The third kappa shape index (κ3) is 2.97.